The molecule has 0 bridgehead atoms. The van der Waals surface area contributed by atoms with Crippen LogP contribution in [0.5, 0.6) is 0 Å². The summed E-state index contributed by atoms with van der Waals surface area (Å²) in [7, 11) is 0. The molecular weight excluding hydrogens is 156 g/mol. The number of carbonyl (C=O) groups excluding carboxylic acids is 1. The van der Waals surface area contributed by atoms with Crippen LogP contribution in [0.25, 0.3) is 0 Å². The number of amides is 1. The monoisotopic (exact) mass is 170 g/mol. The van der Waals surface area contributed by atoms with Gasteiger partial charge in [0.1, 0.15) is 0 Å². The van der Waals surface area contributed by atoms with E-state index in [1.165, 1.54) is 0 Å². The maximum atomic E-state index is 10.6. The van der Waals surface area contributed by atoms with Gasteiger partial charge in [0.05, 0.1) is 12.4 Å². The quantitative estimate of drug-likeness (QED) is 0.610. The van der Waals surface area contributed by atoms with Crippen molar-refractivity contribution in [1.29, 1.82) is 0 Å². The van der Waals surface area contributed by atoms with Gasteiger partial charge in [-0.3, -0.25) is 4.79 Å². The normalized spacial score (nSPS) is 18.2. The minimum atomic E-state index is -0.332. The van der Waals surface area contributed by atoms with Gasteiger partial charge >= 0.3 is 0 Å². The molecule has 0 radical (unpaired) electrons. The second kappa shape index (κ2) is 4.11. The van der Waals surface area contributed by atoms with E-state index in [1.807, 2.05) is 6.08 Å². The summed E-state index contributed by atoms with van der Waals surface area (Å²) in [5.41, 5.74) is 10.5. The zero-order valence-corrected chi connectivity index (χ0v) is 6.95. The van der Waals surface area contributed by atoms with Crippen LogP contribution in [-0.2, 0) is 9.53 Å². The molecule has 68 valence electrons. The Morgan fingerprint density at radius 3 is 2.92 bits per heavy atom. The Kier molecular flexibility index (Phi) is 3.10. The van der Waals surface area contributed by atoms with Gasteiger partial charge in [-0.05, 0) is 6.08 Å². The Balaban J connectivity index is 2.49. The summed E-state index contributed by atoms with van der Waals surface area (Å²) in [5, 5.41) is 0. The molecule has 0 aromatic rings. The summed E-state index contributed by atoms with van der Waals surface area (Å²) in [5.74, 6) is 0.475. The third-order valence-corrected chi connectivity index (χ3v) is 1.87. The predicted octanol–water partition coefficient (Wildman–Crippen LogP) is -0.259. The van der Waals surface area contributed by atoms with Crippen LogP contribution in [0.15, 0.2) is 11.8 Å². The summed E-state index contributed by atoms with van der Waals surface area (Å²) in [4.78, 5) is 10.6. The topological polar surface area (TPSA) is 78.3 Å². The first-order valence-electron chi connectivity index (χ1n) is 4.05. The fourth-order valence-corrected chi connectivity index (χ4v) is 1.26. The lowest BCUT2D eigenvalue weighted by molar-refractivity contribution is -0.118. The van der Waals surface area contributed by atoms with E-state index in [4.69, 9.17) is 16.2 Å². The molecule has 0 aromatic heterocycles. The summed E-state index contributed by atoms with van der Waals surface area (Å²) in [6, 6.07) is 0. The largest absolute Gasteiger partial charge is 0.498 e. The SMILES string of the molecule is NCC(CC(N)=O)C1=CCCO1. The molecule has 12 heavy (non-hydrogen) atoms. The van der Waals surface area contributed by atoms with Crippen LogP contribution in [0.4, 0.5) is 0 Å². The third kappa shape index (κ3) is 2.23. The fraction of sp³-hybridized carbons (Fsp3) is 0.625. The van der Waals surface area contributed by atoms with Crippen molar-refractivity contribution in [3.05, 3.63) is 11.8 Å². The fourth-order valence-electron chi connectivity index (χ4n) is 1.26. The molecule has 1 atom stereocenters. The van der Waals surface area contributed by atoms with E-state index < -0.39 is 0 Å². The number of ether oxygens (including phenoxy) is 1. The number of nitrogens with two attached hydrogens (primary N) is 2. The van der Waals surface area contributed by atoms with Crippen LogP contribution < -0.4 is 11.5 Å². The highest BCUT2D eigenvalue weighted by atomic mass is 16.5. The molecule has 1 rings (SSSR count). The van der Waals surface area contributed by atoms with Crippen LogP contribution in [-0.4, -0.2) is 19.1 Å². The van der Waals surface area contributed by atoms with Crippen molar-refractivity contribution in [3.8, 4) is 0 Å². The van der Waals surface area contributed by atoms with Gasteiger partial charge in [-0.2, -0.15) is 0 Å². The third-order valence-electron chi connectivity index (χ3n) is 1.87. The number of primary amides is 1. The molecule has 0 saturated carbocycles. The molecule has 1 unspecified atom stereocenters. The molecule has 4 nitrogen and oxygen atoms in total. The van der Waals surface area contributed by atoms with Crippen molar-refractivity contribution in [2.45, 2.75) is 12.8 Å². The van der Waals surface area contributed by atoms with Crippen LogP contribution >= 0.6 is 0 Å². The number of hydrogen-bond donors (Lipinski definition) is 2. The Bertz CT molecular complexity index is 201. The van der Waals surface area contributed by atoms with Gasteiger partial charge in [0, 0.05) is 25.3 Å². The highest BCUT2D eigenvalue weighted by Crippen LogP contribution is 2.20. The first-order chi connectivity index (χ1) is 5.74. The lowest BCUT2D eigenvalue weighted by Gasteiger charge is -2.13. The van der Waals surface area contributed by atoms with Gasteiger partial charge in [-0.25, -0.2) is 0 Å². The van der Waals surface area contributed by atoms with Gasteiger partial charge in [-0.1, -0.05) is 0 Å². The van der Waals surface area contributed by atoms with E-state index in [1.54, 1.807) is 0 Å². The van der Waals surface area contributed by atoms with Crippen LogP contribution in [0.2, 0.25) is 0 Å². The Labute approximate surface area is 71.6 Å². The average molecular weight is 170 g/mol. The van der Waals surface area contributed by atoms with Crippen molar-refractivity contribution in [2.75, 3.05) is 13.2 Å². The smallest absolute Gasteiger partial charge is 0.218 e. The van der Waals surface area contributed by atoms with Gasteiger partial charge < -0.3 is 16.2 Å². The molecule has 4 heteroatoms. The molecule has 4 N–H and O–H groups in total. The first-order valence-corrected chi connectivity index (χ1v) is 4.05. The van der Waals surface area contributed by atoms with E-state index >= 15 is 0 Å². The van der Waals surface area contributed by atoms with E-state index in [0.29, 0.717) is 13.2 Å². The Morgan fingerprint density at radius 1 is 1.75 bits per heavy atom. The molecule has 1 aliphatic heterocycles. The van der Waals surface area contributed by atoms with E-state index in [-0.39, 0.29) is 18.2 Å². The van der Waals surface area contributed by atoms with Crippen LogP contribution in [0.1, 0.15) is 12.8 Å². The number of hydrogen-bond acceptors (Lipinski definition) is 3. The van der Waals surface area contributed by atoms with Crippen LogP contribution in [0.3, 0.4) is 0 Å². The second-order valence-electron chi connectivity index (χ2n) is 2.85. The second-order valence-corrected chi connectivity index (χ2v) is 2.85. The lowest BCUT2D eigenvalue weighted by atomic mass is 10.0. The van der Waals surface area contributed by atoms with Crippen LogP contribution in [0, 0.1) is 5.92 Å². The van der Waals surface area contributed by atoms with E-state index in [2.05, 4.69) is 0 Å². The zero-order chi connectivity index (χ0) is 8.97. The van der Waals surface area contributed by atoms with Crippen molar-refractivity contribution in [2.24, 2.45) is 17.4 Å². The minimum absolute atomic E-state index is 0.0231. The molecule has 0 aliphatic carbocycles. The standard InChI is InChI=1S/C8H14N2O2/c9-5-6(4-8(10)11)7-2-1-3-12-7/h2,6H,1,3-5,9H2,(H2,10,11). The molecule has 0 saturated heterocycles. The van der Waals surface area contributed by atoms with Crippen molar-refractivity contribution in [3.63, 3.8) is 0 Å². The van der Waals surface area contributed by atoms with Gasteiger partial charge in [0.2, 0.25) is 5.91 Å². The summed E-state index contributed by atoms with van der Waals surface area (Å²) in [6.45, 7) is 1.11. The highest BCUT2D eigenvalue weighted by molar-refractivity contribution is 5.74. The average Bonchev–Trinajstić information content (AvgIpc) is 2.51. The predicted molar refractivity (Wildman–Crippen MR) is 45.0 cm³/mol. The highest BCUT2D eigenvalue weighted by Gasteiger charge is 2.19. The molecule has 1 heterocycles. The maximum absolute atomic E-state index is 10.6. The van der Waals surface area contributed by atoms with E-state index in [9.17, 15) is 4.79 Å². The van der Waals surface area contributed by atoms with E-state index in [0.717, 1.165) is 12.2 Å². The Hall–Kier alpha value is -1.03. The summed E-state index contributed by atoms with van der Waals surface area (Å²) >= 11 is 0. The molecule has 0 fully saturated rings. The van der Waals surface area contributed by atoms with Crippen molar-refractivity contribution in [1.82, 2.24) is 0 Å². The number of rotatable bonds is 4. The first kappa shape index (κ1) is 9.06. The molecule has 0 aromatic carbocycles. The van der Waals surface area contributed by atoms with Crippen molar-refractivity contribution >= 4 is 5.91 Å². The molecular formula is C8H14N2O2. The van der Waals surface area contributed by atoms with Crippen molar-refractivity contribution < 1.29 is 9.53 Å². The van der Waals surface area contributed by atoms with Gasteiger partial charge in [0.25, 0.3) is 0 Å². The molecule has 0 spiro atoms. The minimum Gasteiger partial charge on any atom is -0.498 e. The summed E-state index contributed by atoms with van der Waals surface area (Å²) in [6.07, 6.45) is 3.16. The van der Waals surface area contributed by atoms with Gasteiger partial charge in [-0.15, -0.1) is 0 Å². The summed E-state index contributed by atoms with van der Waals surface area (Å²) < 4.78 is 5.28. The maximum Gasteiger partial charge on any atom is 0.218 e. The molecule has 1 aliphatic rings. The Morgan fingerprint density at radius 2 is 2.50 bits per heavy atom. The lowest BCUT2D eigenvalue weighted by Crippen LogP contribution is -2.24. The van der Waals surface area contributed by atoms with Gasteiger partial charge in [0.15, 0.2) is 0 Å². The number of carbonyl (C=O) groups is 1. The zero-order valence-electron chi connectivity index (χ0n) is 6.95. The molecule has 1 amide bonds.